The molecular weight excluding hydrogens is 356 g/mol. The zero-order chi connectivity index (χ0) is 19.7. The number of nitrogens with one attached hydrogen (secondary N) is 1. The largest absolute Gasteiger partial charge is 0.364 e. The maximum Gasteiger partial charge on any atom is 0.270 e. The quantitative estimate of drug-likeness (QED) is 0.420. The first-order valence-corrected chi connectivity index (χ1v) is 8.77. The molecule has 140 valence electrons. The average molecular weight is 374 g/mol. The highest BCUT2D eigenvalue weighted by atomic mass is 16.6. The molecule has 1 aromatic carbocycles. The van der Waals surface area contributed by atoms with Crippen LogP contribution in [0.2, 0.25) is 0 Å². The van der Waals surface area contributed by atoms with E-state index in [-0.39, 0.29) is 5.69 Å². The molecule has 0 aliphatic rings. The molecule has 1 N–H and O–H groups in total. The van der Waals surface area contributed by atoms with Crippen LogP contribution >= 0.6 is 0 Å². The van der Waals surface area contributed by atoms with Crippen molar-refractivity contribution in [1.29, 1.82) is 0 Å². The molecule has 0 bridgehead atoms. The van der Waals surface area contributed by atoms with Gasteiger partial charge in [-0.1, -0.05) is 18.2 Å². The van der Waals surface area contributed by atoms with Crippen LogP contribution in [0.1, 0.15) is 17.1 Å². The van der Waals surface area contributed by atoms with E-state index >= 15 is 0 Å². The maximum absolute atomic E-state index is 11.0. The number of nitro benzene ring substituents is 1. The van der Waals surface area contributed by atoms with Crippen molar-refractivity contribution in [2.45, 2.75) is 20.4 Å². The summed E-state index contributed by atoms with van der Waals surface area (Å²) in [6, 6.07) is 14.1. The summed E-state index contributed by atoms with van der Waals surface area (Å²) in [6.07, 6.45) is 1.99. The molecule has 4 aromatic rings. The monoisotopic (exact) mass is 374 g/mol. The van der Waals surface area contributed by atoms with Crippen LogP contribution < -0.4 is 5.32 Å². The van der Waals surface area contributed by atoms with Gasteiger partial charge in [-0.05, 0) is 26.0 Å². The summed E-state index contributed by atoms with van der Waals surface area (Å²) in [5, 5.41) is 14.3. The summed E-state index contributed by atoms with van der Waals surface area (Å²) in [5.41, 5.74) is 4.28. The Kier molecular flexibility index (Phi) is 4.44. The van der Waals surface area contributed by atoms with Crippen molar-refractivity contribution < 1.29 is 4.92 Å². The van der Waals surface area contributed by atoms with Crippen LogP contribution in [-0.4, -0.2) is 24.3 Å². The van der Waals surface area contributed by atoms with Crippen LogP contribution in [-0.2, 0) is 6.54 Å². The number of nitrogens with zero attached hydrogens (tertiary/aromatic N) is 5. The van der Waals surface area contributed by atoms with Gasteiger partial charge in [0.25, 0.3) is 5.69 Å². The average Bonchev–Trinajstić information content (AvgIpc) is 3.11. The second-order valence-electron chi connectivity index (χ2n) is 6.51. The first-order chi connectivity index (χ1) is 13.5. The van der Waals surface area contributed by atoms with E-state index in [0.29, 0.717) is 23.8 Å². The predicted octanol–water partition coefficient (Wildman–Crippen LogP) is 3.93. The van der Waals surface area contributed by atoms with Crippen molar-refractivity contribution in [2.75, 3.05) is 5.32 Å². The molecule has 0 amide bonds. The molecule has 0 radical (unpaired) electrons. The number of rotatable bonds is 5. The number of aromatic nitrogens is 4. The summed E-state index contributed by atoms with van der Waals surface area (Å²) in [6.45, 7) is 4.40. The van der Waals surface area contributed by atoms with Crippen LogP contribution in [0.3, 0.4) is 0 Å². The Morgan fingerprint density at radius 1 is 1.07 bits per heavy atom. The normalized spacial score (nSPS) is 10.9. The van der Waals surface area contributed by atoms with Crippen LogP contribution in [0, 0.1) is 24.0 Å². The molecule has 28 heavy (non-hydrogen) atoms. The minimum absolute atomic E-state index is 0.0113. The summed E-state index contributed by atoms with van der Waals surface area (Å²) >= 11 is 0. The van der Waals surface area contributed by atoms with Gasteiger partial charge in [0, 0.05) is 41.3 Å². The minimum Gasteiger partial charge on any atom is -0.364 e. The molecule has 3 heterocycles. The van der Waals surface area contributed by atoms with E-state index in [1.54, 1.807) is 12.1 Å². The number of pyridine rings is 1. The SMILES string of the molecule is Cc1cc(NCc2cn3c(C)cccc3n2)nc(-c2cccc([N+](=O)[O-])c2)n1. The molecule has 8 heteroatoms. The van der Waals surface area contributed by atoms with Gasteiger partial charge in [0.1, 0.15) is 11.5 Å². The third-order valence-corrected chi connectivity index (χ3v) is 4.37. The Labute approximate surface area is 161 Å². The Morgan fingerprint density at radius 3 is 2.68 bits per heavy atom. The smallest absolute Gasteiger partial charge is 0.270 e. The molecular formula is C20H18N6O2. The highest BCUT2D eigenvalue weighted by Crippen LogP contribution is 2.22. The summed E-state index contributed by atoms with van der Waals surface area (Å²) in [5.74, 6) is 1.08. The van der Waals surface area contributed by atoms with E-state index in [9.17, 15) is 10.1 Å². The fourth-order valence-electron chi connectivity index (χ4n) is 3.01. The summed E-state index contributed by atoms with van der Waals surface area (Å²) in [4.78, 5) is 24.1. The zero-order valence-corrected chi connectivity index (χ0v) is 15.5. The number of imidazole rings is 1. The van der Waals surface area contributed by atoms with E-state index < -0.39 is 4.92 Å². The van der Waals surface area contributed by atoms with Crippen molar-refractivity contribution >= 4 is 17.2 Å². The Bertz CT molecular complexity index is 1180. The number of non-ortho nitro benzene ring substituents is 1. The molecule has 0 spiro atoms. The van der Waals surface area contributed by atoms with Crippen molar-refractivity contribution in [3.8, 4) is 11.4 Å². The number of nitro groups is 1. The maximum atomic E-state index is 11.0. The number of anilines is 1. The topological polar surface area (TPSA) is 98.2 Å². The lowest BCUT2D eigenvalue weighted by molar-refractivity contribution is -0.384. The van der Waals surface area contributed by atoms with Crippen molar-refractivity contribution in [3.05, 3.63) is 81.9 Å². The second-order valence-corrected chi connectivity index (χ2v) is 6.51. The van der Waals surface area contributed by atoms with Crippen molar-refractivity contribution in [1.82, 2.24) is 19.4 Å². The fourth-order valence-corrected chi connectivity index (χ4v) is 3.01. The third kappa shape index (κ3) is 3.52. The predicted molar refractivity (Wildman–Crippen MR) is 106 cm³/mol. The van der Waals surface area contributed by atoms with Crippen molar-refractivity contribution in [2.24, 2.45) is 0 Å². The van der Waals surface area contributed by atoms with Crippen LogP contribution in [0.25, 0.3) is 17.0 Å². The molecule has 0 saturated heterocycles. The summed E-state index contributed by atoms with van der Waals surface area (Å²) in [7, 11) is 0. The number of aryl methyl sites for hydroxylation is 2. The van der Waals surface area contributed by atoms with Gasteiger partial charge in [0.05, 0.1) is 17.2 Å². The first kappa shape index (κ1) is 17.6. The molecule has 0 unspecified atom stereocenters. The van der Waals surface area contributed by atoms with Crippen LogP contribution in [0.5, 0.6) is 0 Å². The van der Waals surface area contributed by atoms with Gasteiger partial charge in [0.15, 0.2) is 5.82 Å². The van der Waals surface area contributed by atoms with Gasteiger partial charge in [-0.2, -0.15) is 0 Å². The van der Waals surface area contributed by atoms with Gasteiger partial charge in [0.2, 0.25) is 0 Å². The number of benzene rings is 1. The molecule has 0 aliphatic carbocycles. The third-order valence-electron chi connectivity index (χ3n) is 4.37. The lowest BCUT2D eigenvalue weighted by Crippen LogP contribution is -2.04. The van der Waals surface area contributed by atoms with Gasteiger partial charge in [-0.3, -0.25) is 10.1 Å². The Hall–Kier alpha value is -3.81. The van der Waals surface area contributed by atoms with Crippen LogP contribution in [0.15, 0.2) is 54.7 Å². The lowest BCUT2D eigenvalue weighted by atomic mass is 10.2. The molecule has 0 aliphatic heterocycles. The van der Waals surface area contributed by atoms with Crippen LogP contribution in [0.4, 0.5) is 11.5 Å². The molecule has 8 nitrogen and oxygen atoms in total. The molecule has 0 fully saturated rings. The van der Waals surface area contributed by atoms with Gasteiger partial charge < -0.3 is 9.72 Å². The van der Waals surface area contributed by atoms with Gasteiger partial charge in [-0.25, -0.2) is 15.0 Å². The molecule has 0 saturated carbocycles. The number of fused-ring (bicyclic) bond motifs is 1. The second kappa shape index (κ2) is 7.07. The molecule has 4 rings (SSSR count). The number of hydrogen-bond donors (Lipinski definition) is 1. The zero-order valence-electron chi connectivity index (χ0n) is 15.5. The van der Waals surface area contributed by atoms with E-state index in [2.05, 4.69) is 20.3 Å². The van der Waals surface area contributed by atoms with E-state index in [0.717, 1.165) is 22.7 Å². The highest BCUT2D eigenvalue weighted by Gasteiger charge is 2.11. The van der Waals surface area contributed by atoms with E-state index in [1.807, 2.05) is 48.7 Å². The molecule has 3 aromatic heterocycles. The van der Waals surface area contributed by atoms with Gasteiger partial charge in [-0.15, -0.1) is 0 Å². The summed E-state index contributed by atoms with van der Waals surface area (Å²) < 4.78 is 2.04. The fraction of sp³-hybridized carbons (Fsp3) is 0.150. The van der Waals surface area contributed by atoms with Gasteiger partial charge >= 0.3 is 0 Å². The lowest BCUT2D eigenvalue weighted by Gasteiger charge is -2.08. The van der Waals surface area contributed by atoms with E-state index in [1.165, 1.54) is 12.1 Å². The Morgan fingerprint density at radius 2 is 1.89 bits per heavy atom. The van der Waals surface area contributed by atoms with Crippen molar-refractivity contribution in [3.63, 3.8) is 0 Å². The highest BCUT2D eigenvalue weighted by molar-refractivity contribution is 5.61. The first-order valence-electron chi connectivity index (χ1n) is 8.77. The number of hydrogen-bond acceptors (Lipinski definition) is 6. The van der Waals surface area contributed by atoms with E-state index in [4.69, 9.17) is 0 Å². The minimum atomic E-state index is -0.427. The Balaban J connectivity index is 1.59. The standard InChI is InChI=1S/C20H18N6O2/c1-13-9-18(21-11-16-12-25-14(2)5-3-8-19(25)23-16)24-20(22-13)15-6-4-7-17(10-15)26(27)28/h3-10,12H,11H2,1-2H3,(H,21,22,24). The molecule has 0 atom stereocenters.